The third kappa shape index (κ3) is 2.76. The van der Waals surface area contributed by atoms with Crippen molar-refractivity contribution in [2.24, 2.45) is 11.8 Å². The summed E-state index contributed by atoms with van der Waals surface area (Å²) >= 11 is 0. The largest absolute Gasteiger partial charge is 0.481 e. The summed E-state index contributed by atoms with van der Waals surface area (Å²) in [6.45, 7) is 0. The first kappa shape index (κ1) is 14.4. The smallest absolute Gasteiger partial charge is 0.307 e. The Morgan fingerprint density at radius 1 is 1.10 bits per heavy atom. The molecule has 1 aromatic rings. The van der Waals surface area contributed by atoms with Gasteiger partial charge in [-0.25, -0.2) is 13.2 Å². The van der Waals surface area contributed by atoms with Gasteiger partial charge in [-0.15, -0.1) is 0 Å². The third-order valence-corrected chi connectivity index (χ3v) is 3.43. The summed E-state index contributed by atoms with van der Waals surface area (Å²) in [7, 11) is 0. The van der Waals surface area contributed by atoms with E-state index in [4.69, 9.17) is 5.11 Å². The molecule has 0 aliphatic heterocycles. The number of anilines is 1. The number of hydrogen-bond acceptors (Lipinski definition) is 2. The van der Waals surface area contributed by atoms with Crippen molar-refractivity contribution in [3.8, 4) is 0 Å². The first-order valence-electron chi connectivity index (χ1n) is 6.08. The van der Waals surface area contributed by atoms with Gasteiger partial charge in [-0.2, -0.15) is 0 Å². The van der Waals surface area contributed by atoms with Crippen molar-refractivity contribution in [1.29, 1.82) is 0 Å². The molecule has 0 aromatic heterocycles. The van der Waals surface area contributed by atoms with Gasteiger partial charge in [0.2, 0.25) is 5.91 Å². The van der Waals surface area contributed by atoms with E-state index in [2.05, 4.69) is 0 Å². The number of carboxylic acids is 1. The zero-order chi connectivity index (χ0) is 14.9. The van der Waals surface area contributed by atoms with Crippen LogP contribution in [0.1, 0.15) is 19.3 Å². The van der Waals surface area contributed by atoms with Gasteiger partial charge in [0.15, 0.2) is 11.6 Å². The fourth-order valence-electron chi connectivity index (χ4n) is 2.45. The number of nitrogens with one attached hydrogen (secondary N) is 1. The molecule has 2 rings (SSSR count). The molecular formula is C13H12F3NO3. The zero-order valence-corrected chi connectivity index (χ0v) is 10.3. The Balaban J connectivity index is 2.18. The number of carbonyl (C=O) groups excluding carboxylic acids is 1. The molecule has 1 aliphatic rings. The second-order valence-electron chi connectivity index (χ2n) is 4.72. The zero-order valence-electron chi connectivity index (χ0n) is 10.3. The third-order valence-electron chi connectivity index (χ3n) is 3.43. The fourth-order valence-corrected chi connectivity index (χ4v) is 2.45. The van der Waals surface area contributed by atoms with Crippen molar-refractivity contribution in [3.05, 3.63) is 29.6 Å². The van der Waals surface area contributed by atoms with Crippen LogP contribution < -0.4 is 5.32 Å². The Hall–Kier alpha value is -2.05. The minimum atomic E-state index is -1.24. The molecule has 108 valence electrons. The van der Waals surface area contributed by atoms with Crippen molar-refractivity contribution in [3.63, 3.8) is 0 Å². The van der Waals surface area contributed by atoms with Crippen LogP contribution in [0.4, 0.5) is 18.9 Å². The van der Waals surface area contributed by atoms with Crippen LogP contribution >= 0.6 is 0 Å². The van der Waals surface area contributed by atoms with Crippen LogP contribution in [0.25, 0.3) is 0 Å². The molecule has 0 saturated heterocycles. The molecule has 4 nitrogen and oxygen atoms in total. The molecule has 1 aromatic carbocycles. The maximum atomic E-state index is 13.4. The predicted molar refractivity (Wildman–Crippen MR) is 63.4 cm³/mol. The topological polar surface area (TPSA) is 66.4 Å². The summed E-state index contributed by atoms with van der Waals surface area (Å²) in [6, 6.07) is 0.893. The highest BCUT2D eigenvalue weighted by molar-refractivity contribution is 5.95. The summed E-state index contributed by atoms with van der Waals surface area (Å²) in [4.78, 5) is 22.9. The van der Waals surface area contributed by atoms with Gasteiger partial charge < -0.3 is 10.4 Å². The predicted octanol–water partition coefficient (Wildman–Crippen LogP) is 2.54. The summed E-state index contributed by atoms with van der Waals surface area (Å²) in [6.07, 6.45) is 1.25. The van der Waals surface area contributed by atoms with Crippen LogP contribution in [0, 0.1) is 29.3 Å². The molecule has 0 spiro atoms. The van der Waals surface area contributed by atoms with Crippen LogP contribution in [0.15, 0.2) is 12.1 Å². The van der Waals surface area contributed by atoms with Gasteiger partial charge in [-0.3, -0.25) is 9.59 Å². The van der Waals surface area contributed by atoms with Gasteiger partial charge in [0.25, 0.3) is 0 Å². The molecule has 20 heavy (non-hydrogen) atoms. The van der Waals surface area contributed by atoms with E-state index in [9.17, 15) is 22.8 Å². The maximum Gasteiger partial charge on any atom is 0.307 e. The summed E-state index contributed by atoms with van der Waals surface area (Å²) in [5.41, 5.74) is -0.757. The number of aliphatic carboxylic acids is 1. The molecule has 1 saturated carbocycles. The number of carboxylic acid groups (broad SMARTS) is 1. The van der Waals surface area contributed by atoms with Crippen molar-refractivity contribution in [1.82, 2.24) is 0 Å². The molecular weight excluding hydrogens is 275 g/mol. The van der Waals surface area contributed by atoms with Crippen molar-refractivity contribution >= 4 is 17.6 Å². The van der Waals surface area contributed by atoms with E-state index in [0.717, 1.165) is 0 Å². The lowest BCUT2D eigenvalue weighted by atomic mass is 9.95. The lowest BCUT2D eigenvalue weighted by Gasteiger charge is -2.16. The van der Waals surface area contributed by atoms with Gasteiger partial charge in [-0.05, 0) is 12.8 Å². The van der Waals surface area contributed by atoms with Gasteiger partial charge in [0, 0.05) is 12.1 Å². The molecule has 2 N–H and O–H groups in total. The summed E-state index contributed by atoms with van der Waals surface area (Å²) in [5.74, 6) is -7.14. The minimum Gasteiger partial charge on any atom is -0.481 e. The van der Waals surface area contributed by atoms with E-state index in [1.807, 2.05) is 5.32 Å². The average Bonchev–Trinajstić information content (AvgIpc) is 2.82. The molecule has 0 radical (unpaired) electrons. The highest BCUT2D eigenvalue weighted by atomic mass is 19.1. The van der Waals surface area contributed by atoms with Gasteiger partial charge in [0.1, 0.15) is 11.5 Å². The fraction of sp³-hybridized carbons (Fsp3) is 0.385. The van der Waals surface area contributed by atoms with E-state index >= 15 is 0 Å². The Labute approximate surface area is 112 Å². The molecule has 7 heteroatoms. The van der Waals surface area contributed by atoms with Gasteiger partial charge >= 0.3 is 5.97 Å². The SMILES string of the molecule is O=C(O)C1CCCC1C(=O)Nc1c(F)cc(F)cc1F. The lowest BCUT2D eigenvalue weighted by Crippen LogP contribution is -2.30. The van der Waals surface area contributed by atoms with E-state index < -0.39 is 46.9 Å². The highest BCUT2D eigenvalue weighted by Crippen LogP contribution is 2.33. The highest BCUT2D eigenvalue weighted by Gasteiger charge is 2.38. The normalized spacial score (nSPS) is 21.8. The number of rotatable bonds is 3. The molecule has 1 aliphatic carbocycles. The Kier molecular flexibility index (Phi) is 3.96. The number of benzene rings is 1. The maximum absolute atomic E-state index is 13.4. The van der Waals surface area contributed by atoms with Crippen LogP contribution in [0.5, 0.6) is 0 Å². The Morgan fingerprint density at radius 2 is 1.65 bits per heavy atom. The number of hydrogen-bond donors (Lipinski definition) is 2. The standard InChI is InChI=1S/C13H12F3NO3/c14-6-4-9(15)11(10(16)5-6)17-12(18)7-2-1-3-8(7)13(19)20/h4-5,7-8H,1-3H2,(H,17,18)(H,19,20). The molecule has 0 heterocycles. The quantitative estimate of drug-likeness (QED) is 0.897. The van der Waals surface area contributed by atoms with E-state index in [0.29, 0.717) is 31.4 Å². The second-order valence-corrected chi connectivity index (χ2v) is 4.72. The summed E-state index contributed by atoms with van der Waals surface area (Å²) in [5, 5.41) is 11.0. The number of halogens is 3. The van der Waals surface area contributed by atoms with Crippen molar-refractivity contribution in [2.75, 3.05) is 5.32 Å². The van der Waals surface area contributed by atoms with Crippen molar-refractivity contribution in [2.45, 2.75) is 19.3 Å². The van der Waals surface area contributed by atoms with Crippen LogP contribution in [0.3, 0.4) is 0 Å². The molecule has 2 atom stereocenters. The lowest BCUT2D eigenvalue weighted by molar-refractivity contribution is -0.145. The van der Waals surface area contributed by atoms with Crippen LogP contribution in [-0.4, -0.2) is 17.0 Å². The first-order chi connectivity index (χ1) is 9.40. The Bertz CT molecular complexity index is 539. The summed E-state index contributed by atoms with van der Waals surface area (Å²) < 4.78 is 39.6. The van der Waals surface area contributed by atoms with Gasteiger partial charge in [0.05, 0.1) is 11.8 Å². The van der Waals surface area contributed by atoms with E-state index in [1.165, 1.54) is 0 Å². The van der Waals surface area contributed by atoms with Crippen LogP contribution in [0.2, 0.25) is 0 Å². The minimum absolute atomic E-state index is 0.341. The number of amides is 1. The second kappa shape index (κ2) is 5.52. The number of carbonyl (C=O) groups is 2. The average molecular weight is 287 g/mol. The first-order valence-corrected chi connectivity index (χ1v) is 6.08. The molecule has 2 unspecified atom stereocenters. The van der Waals surface area contributed by atoms with Crippen LogP contribution in [-0.2, 0) is 9.59 Å². The van der Waals surface area contributed by atoms with Gasteiger partial charge in [-0.1, -0.05) is 6.42 Å². The monoisotopic (exact) mass is 287 g/mol. The molecule has 1 fully saturated rings. The molecule has 0 bridgehead atoms. The Morgan fingerprint density at radius 3 is 2.20 bits per heavy atom. The molecule has 1 amide bonds. The van der Waals surface area contributed by atoms with E-state index in [1.54, 1.807) is 0 Å². The van der Waals surface area contributed by atoms with E-state index in [-0.39, 0.29) is 0 Å². The van der Waals surface area contributed by atoms with Crippen molar-refractivity contribution < 1.29 is 27.9 Å².